The highest BCUT2D eigenvalue weighted by atomic mass is 16.7. The Morgan fingerprint density at radius 3 is 2.03 bits per heavy atom. The largest absolute Gasteiger partial charge is 0.463 e. The fourth-order valence-electron chi connectivity index (χ4n) is 2.98. The highest BCUT2D eigenvalue weighted by molar-refractivity contribution is 5.73. The molecule has 186 valence electrons. The number of aromatic amines is 1. The molecule has 1 aliphatic rings. The molecule has 1 N–H and O–H groups in total. The number of nitrogens with zero attached hydrogens (tertiary/aromatic N) is 1. The molecule has 1 aliphatic heterocycles. The normalized spacial score (nSPS) is 22.0. The first kappa shape index (κ1) is 26.9. The van der Waals surface area contributed by atoms with Crippen molar-refractivity contribution < 1.29 is 33.3 Å². The Balaban J connectivity index is 2.55. The average Bonchev–Trinajstić information content (AvgIpc) is 3.08. The van der Waals surface area contributed by atoms with E-state index in [0.717, 1.165) is 10.8 Å². The summed E-state index contributed by atoms with van der Waals surface area (Å²) in [7, 11) is 0. The molecule has 11 nitrogen and oxygen atoms in total. The van der Waals surface area contributed by atoms with Gasteiger partial charge in [-0.3, -0.25) is 28.7 Å². The van der Waals surface area contributed by atoms with E-state index in [1.165, 1.54) is 0 Å². The van der Waals surface area contributed by atoms with E-state index in [9.17, 15) is 24.0 Å². The minimum atomic E-state index is -1.33. The summed E-state index contributed by atoms with van der Waals surface area (Å²) in [5, 5.41) is 0. The van der Waals surface area contributed by atoms with Gasteiger partial charge in [0.1, 0.15) is 18.3 Å². The molecule has 1 aromatic rings. The summed E-state index contributed by atoms with van der Waals surface area (Å²) in [4.78, 5) is 63.5. The van der Waals surface area contributed by atoms with E-state index in [4.69, 9.17) is 25.4 Å². The van der Waals surface area contributed by atoms with Gasteiger partial charge in [-0.05, 0) is 0 Å². The molecule has 0 radical (unpaired) electrons. The first-order chi connectivity index (χ1) is 15.9. The highest BCUT2D eigenvalue weighted by Crippen LogP contribution is 2.34. The van der Waals surface area contributed by atoms with Crippen LogP contribution in [0.2, 0.25) is 0 Å². The lowest BCUT2D eigenvalue weighted by Crippen LogP contribution is -2.44. The van der Waals surface area contributed by atoms with Gasteiger partial charge in [0.05, 0.1) is 17.8 Å². The molecule has 2 heterocycles. The number of esters is 3. The molecule has 0 saturated carbocycles. The summed E-state index contributed by atoms with van der Waals surface area (Å²) in [5.41, 5.74) is -1.82. The third kappa shape index (κ3) is 6.14. The van der Waals surface area contributed by atoms with Gasteiger partial charge < -0.3 is 18.9 Å². The van der Waals surface area contributed by atoms with Gasteiger partial charge in [-0.15, -0.1) is 6.42 Å². The Morgan fingerprint density at radius 2 is 1.53 bits per heavy atom. The van der Waals surface area contributed by atoms with Crippen molar-refractivity contribution in [3.63, 3.8) is 0 Å². The van der Waals surface area contributed by atoms with Crippen LogP contribution in [-0.2, 0) is 33.3 Å². The van der Waals surface area contributed by atoms with Gasteiger partial charge in [-0.2, -0.15) is 0 Å². The topological polar surface area (TPSA) is 143 Å². The van der Waals surface area contributed by atoms with Gasteiger partial charge in [0.25, 0.3) is 5.56 Å². The van der Waals surface area contributed by atoms with Crippen molar-refractivity contribution in [1.29, 1.82) is 0 Å². The van der Waals surface area contributed by atoms with E-state index < -0.39 is 71.5 Å². The minimum absolute atomic E-state index is 0.164. The van der Waals surface area contributed by atoms with Gasteiger partial charge in [-0.25, -0.2) is 4.79 Å². The summed E-state index contributed by atoms with van der Waals surface area (Å²) in [6, 6.07) is 0. The van der Waals surface area contributed by atoms with Crippen LogP contribution in [0.1, 0.15) is 53.3 Å². The molecule has 1 saturated heterocycles. The van der Waals surface area contributed by atoms with Gasteiger partial charge in [0.2, 0.25) is 0 Å². The number of hydrogen-bond donors (Lipinski definition) is 1. The van der Waals surface area contributed by atoms with E-state index in [-0.39, 0.29) is 12.2 Å². The maximum absolute atomic E-state index is 12.6. The van der Waals surface area contributed by atoms with Crippen LogP contribution in [0.25, 0.3) is 0 Å². The van der Waals surface area contributed by atoms with Crippen molar-refractivity contribution in [2.45, 2.75) is 66.1 Å². The predicted molar refractivity (Wildman–Crippen MR) is 118 cm³/mol. The van der Waals surface area contributed by atoms with Crippen molar-refractivity contribution in [2.24, 2.45) is 17.8 Å². The first-order valence-corrected chi connectivity index (χ1v) is 10.9. The number of carbonyl (C=O) groups is 3. The van der Waals surface area contributed by atoms with Crippen molar-refractivity contribution in [3.8, 4) is 12.3 Å². The fourth-order valence-corrected chi connectivity index (χ4v) is 2.98. The standard InChI is InChI=1S/C23H30N2O9/c1-8-14-9-25(23(30)24-18(14)26)19-17(34-22(29)13(6)7)16(33-21(28)12(4)5)15(32-19)10-31-20(27)11(2)3/h1,9,11-13,15-17,19H,10H2,2-7H3,(H,24,26,30)/t15-,16-,17+,19-/m1/s1. The van der Waals surface area contributed by atoms with Crippen molar-refractivity contribution in [3.05, 3.63) is 32.6 Å². The summed E-state index contributed by atoms with van der Waals surface area (Å²) in [6.45, 7) is 9.39. The van der Waals surface area contributed by atoms with Crippen molar-refractivity contribution in [2.75, 3.05) is 6.61 Å². The SMILES string of the molecule is C#Cc1cn([C@@H]2O[C@H](COC(=O)C(C)C)[C@@H](OC(=O)C(C)C)[C@@H]2OC(=O)C(C)C)c(=O)[nH]c1=O. The molecule has 2 rings (SSSR count). The lowest BCUT2D eigenvalue weighted by molar-refractivity contribution is -0.173. The van der Waals surface area contributed by atoms with Crippen LogP contribution >= 0.6 is 0 Å². The summed E-state index contributed by atoms with van der Waals surface area (Å²) in [5.74, 6) is -1.11. The molecule has 1 aromatic heterocycles. The second-order valence-corrected chi connectivity index (χ2v) is 8.82. The van der Waals surface area contributed by atoms with Crippen LogP contribution in [0.3, 0.4) is 0 Å². The van der Waals surface area contributed by atoms with Gasteiger partial charge in [0, 0.05) is 6.20 Å². The zero-order valence-electron chi connectivity index (χ0n) is 20.0. The molecule has 0 spiro atoms. The maximum Gasteiger partial charge on any atom is 0.330 e. The van der Waals surface area contributed by atoms with E-state index in [1.807, 2.05) is 0 Å². The number of carbonyl (C=O) groups excluding carboxylic acids is 3. The number of rotatable bonds is 8. The number of nitrogens with one attached hydrogen (secondary N) is 1. The minimum Gasteiger partial charge on any atom is -0.463 e. The van der Waals surface area contributed by atoms with E-state index in [2.05, 4.69) is 10.9 Å². The Kier molecular flexibility index (Phi) is 8.81. The summed E-state index contributed by atoms with van der Waals surface area (Å²) < 4.78 is 23.3. The van der Waals surface area contributed by atoms with Crippen LogP contribution < -0.4 is 11.2 Å². The van der Waals surface area contributed by atoms with Gasteiger partial charge >= 0.3 is 23.6 Å². The van der Waals surface area contributed by atoms with Crippen molar-refractivity contribution in [1.82, 2.24) is 9.55 Å². The lowest BCUT2D eigenvalue weighted by atomic mass is 10.1. The van der Waals surface area contributed by atoms with Crippen LogP contribution in [0, 0.1) is 30.1 Å². The Labute approximate surface area is 196 Å². The van der Waals surface area contributed by atoms with Crippen LogP contribution in [0.5, 0.6) is 0 Å². The molecule has 1 fully saturated rings. The quantitative estimate of drug-likeness (QED) is 0.325. The summed E-state index contributed by atoms with van der Waals surface area (Å²) >= 11 is 0. The smallest absolute Gasteiger partial charge is 0.330 e. The van der Waals surface area contributed by atoms with Gasteiger partial charge in [-0.1, -0.05) is 47.5 Å². The van der Waals surface area contributed by atoms with Crippen molar-refractivity contribution >= 4 is 17.9 Å². The first-order valence-electron chi connectivity index (χ1n) is 10.9. The Bertz CT molecular complexity index is 1080. The molecule has 0 unspecified atom stereocenters. The number of hydrogen-bond acceptors (Lipinski definition) is 9. The number of H-pyrrole nitrogens is 1. The molecule has 0 amide bonds. The zero-order chi connectivity index (χ0) is 25.7. The molecule has 34 heavy (non-hydrogen) atoms. The number of ether oxygens (including phenoxy) is 4. The van der Waals surface area contributed by atoms with E-state index in [0.29, 0.717) is 0 Å². The maximum atomic E-state index is 12.6. The fraction of sp³-hybridized carbons (Fsp3) is 0.609. The molecular weight excluding hydrogens is 448 g/mol. The second kappa shape index (κ2) is 11.2. The second-order valence-electron chi connectivity index (χ2n) is 8.82. The van der Waals surface area contributed by atoms with Crippen LogP contribution in [0.15, 0.2) is 15.8 Å². The number of terminal acetylenes is 1. The van der Waals surface area contributed by atoms with E-state index >= 15 is 0 Å². The Morgan fingerprint density at radius 1 is 1.00 bits per heavy atom. The Hall–Kier alpha value is -3.39. The van der Waals surface area contributed by atoms with Crippen LogP contribution in [0.4, 0.5) is 0 Å². The zero-order valence-corrected chi connectivity index (χ0v) is 20.0. The molecule has 11 heteroatoms. The third-order valence-corrected chi connectivity index (χ3v) is 4.99. The molecule has 0 aliphatic carbocycles. The highest BCUT2D eigenvalue weighted by Gasteiger charge is 2.51. The van der Waals surface area contributed by atoms with Crippen LogP contribution in [-0.4, -0.2) is 52.4 Å². The summed E-state index contributed by atoms with van der Waals surface area (Å²) in [6.07, 6.45) is 1.53. The average molecular weight is 478 g/mol. The van der Waals surface area contributed by atoms with E-state index in [1.54, 1.807) is 41.5 Å². The molecule has 0 bridgehead atoms. The predicted octanol–water partition coefficient (Wildman–Crippen LogP) is 0.750. The number of aromatic nitrogens is 2. The molecular formula is C23H30N2O9. The third-order valence-electron chi connectivity index (χ3n) is 4.99. The van der Waals surface area contributed by atoms with Gasteiger partial charge in [0.15, 0.2) is 18.4 Å². The monoisotopic (exact) mass is 478 g/mol. The molecule has 4 atom stereocenters. The molecule has 0 aromatic carbocycles. The lowest BCUT2D eigenvalue weighted by Gasteiger charge is -2.26.